The van der Waals surface area contributed by atoms with Crippen molar-refractivity contribution >= 4 is 46.1 Å². The summed E-state index contributed by atoms with van der Waals surface area (Å²) in [5.41, 5.74) is 4.45. The van der Waals surface area contributed by atoms with Crippen LogP contribution in [0.15, 0.2) is 77.4 Å². The van der Waals surface area contributed by atoms with Crippen LogP contribution in [0.3, 0.4) is 0 Å². The number of ether oxygens (including phenoxy) is 2. The molecule has 0 saturated carbocycles. The average Bonchev–Trinajstić information content (AvgIpc) is 3.65. The van der Waals surface area contributed by atoms with Crippen LogP contribution in [0.1, 0.15) is 41.5 Å². The second kappa shape index (κ2) is 17.3. The first-order chi connectivity index (χ1) is 26.1. The fourth-order valence-electron chi connectivity index (χ4n) is 6.11. The summed E-state index contributed by atoms with van der Waals surface area (Å²) in [5.74, 6) is -0.536. The van der Waals surface area contributed by atoms with E-state index in [4.69, 9.17) is 42.6 Å². The van der Waals surface area contributed by atoms with Gasteiger partial charge in [0.2, 0.25) is 5.91 Å². The number of nitrogens with one attached hydrogen (secondary N) is 1. The number of carbonyl (C=O) groups is 2. The number of likely N-dealkylation sites (tertiary alicyclic amines) is 1. The van der Waals surface area contributed by atoms with E-state index in [9.17, 15) is 24.9 Å². The molecule has 5 aromatic rings. The second-order valence-electron chi connectivity index (χ2n) is 13.0. The monoisotopic (exact) mass is 773 g/mol. The van der Waals surface area contributed by atoms with Crippen LogP contribution >= 0.6 is 23.2 Å². The number of aromatic nitrogens is 2. The topological polar surface area (TPSA) is 191 Å². The minimum absolute atomic E-state index is 0.0192. The molecule has 15 heteroatoms. The first kappa shape index (κ1) is 38.5. The summed E-state index contributed by atoms with van der Waals surface area (Å²) >= 11 is 13.6. The molecule has 13 nitrogen and oxygen atoms in total. The third-order valence-electron chi connectivity index (χ3n) is 9.33. The number of nitriles is 1. The molecule has 6 rings (SSSR count). The van der Waals surface area contributed by atoms with E-state index < -0.39 is 24.2 Å². The molecule has 1 aliphatic heterocycles. The highest BCUT2D eigenvalue weighted by molar-refractivity contribution is 6.34. The lowest BCUT2D eigenvalue weighted by Gasteiger charge is -2.34. The molecule has 0 aliphatic carbocycles. The van der Waals surface area contributed by atoms with Gasteiger partial charge in [0, 0.05) is 61.7 Å². The Hall–Kier alpha value is -5.23. The number of carboxylic acid groups (broad SMARTS) is 1. The number of carbonyl (C=O) groups excluding carboxylic acids is 1. The number of aryl methyl sites for hydroxylation is 1. The Balaban J connectivity index is 1.15. The predicted molar refractivity (Wildman–Crippen MR) is 199 cm³/mol. The third-order valence-corrected chi connectivity index (χ3v) is 10.1. The minimum atomic E-state index is -1.36. The summed E-state index contributed by atoms with van der Waals surface area (Å²) in [5, 5.41) is 49.5. The van der Waals surface area contributed by atoms with E-state index in [0.29, 0.717) is 64.6 Å². The zero-order chi connectivity index (χ0) is 38.2. The fraction of sp³-hybridized carbons (Fsp3) is 0.308. The Morgan fingerprint density at radius 3 is 2.46 bits per heavy atom. The van der Waals surface area contributed by atoms with Crippen LogP contribution in [0, 0.1) is 11.3 Å². The van der Waals surface area contributed by atoms with Crippen molar-refractivity contribution in [1.29, 1.82) is 5.26 Å². The highest BCUT2D eigenvalue weighted by Crippen LogP contribution is 2.36. The lowest BCUT2D eigenvalue weighted by molar-refractivity contribution is -0.140. The van der Waals surface area contributed by atoms with E-state index in [1.165, 1.54) is 0 Å². The molecule has 4 N–H and O–H groups in total. The van der Waals surface area contributed by atoms with Gasteiger partial charge in [0.05, 0.1) is 22.7 Å². The molecule has 1 aliphatic rings. The van der Waals surface area contributed by atoms with Crippen LogP contribution in [0.2, 0.25) is 10.0 Å². The third kappa shape index (κ3) is 9.28. The van der Waals surface area contributed by atoms with Gasteiger partial charge in [0.25, 0.3) is 0 Å². The number of hydrogen-bond acceptors (Lipinski definition) is 11. The molecule has 1 amide bonds. The Kier molecular flexibility index (Phi) is 12.3. The van der Waals surface area contributed by atoms with Gasteiger partial charge < -0.3 is 29.7 Å². The summed E-state index contributed by atoms with van der Waals surface area (Å²) in [6.07, 6.45) is 1.30. The number of aliphatic hydroxyl groups excluding tert-OH is 1. The number of aliphatic carboxylic acids is 1. The van der Waals surface area contributed by atoms with Crippen molar-refractivity contribution in [3.8, 4) is 28.7 Å². The second-order valence-corrected chi connectivity index (χ2v) is 13.8. The molecular formula is C39H37Cl2N5O8. The lowest BCUT2D eigenvalue weighted by atomic mass is 9.93. The molecule has 280 valence electrons. The Morgan fingerprint density at radius 2 is 1.70 bits per heavy atom. The smallest absolute Gasteiger partial charge is 0.323 e. The molecule has 0 bridgehead atoms. The SMILES string of the molecule is N#CC1(O)CCN(C(=O)CCc2cccc(-c3cccc(COc4cc(OCc5ccc6nonc6c5)c(CNC(CO)C(=O)O)cc4Cl)c3Cl)c2)CC1. The molecule has 1 saturated heterocycles. The number of fused-ring (bicyclic) bond motifs is 1. The van der Waals surface area contributed by atoms with Gasteiger partial charge in [-0.25, -0.2) is 4.63 Å². The minimum Gasteiger partial charge on any atom is -0.488 e. The summed E-state index contributed by atoms with van der Waals surface area (Å²) in [6.45, 7) is 0.329. The average molecular weight is 775 g/mol. The maximum absolute atomic E-state index is 12.9. The van der Waals surface area contributed by atoms with Gasteiger partial charge in [-0.2, -0.15) is 5.26 Å². The van der Waals surface area contributed by atoms with Gasteiger partial charge in [-0.05, 0) is 51.6 Å². The molecular weight excluding hydrogens is 737 g/mol. The zero-order valence-electron chi connectivity index (χ0n) is 29.0. The normalized spacial score (nSPS) is 14.4. The standard InChI is InChI=1S/C39H37Cl2N5O8/c40-30-17-28(19-43-33(20-47)38(49)50)34(52-21-25-7-9-31-32(16-25)45-54-44-31)18-35(30)53-22-27-5-2-6-29(37(27)41)26-4-1-3-24(15-26)8-10-36(48)46-13-11-39(51,23-42)12-14-46/h1-7,9,15-18,33,43,47,51H,8,10-14,19-22H2,(H,49,50). The van der Waals surface area contributed by atoms with Crippen LogP contribution in [-0.4, -0.2) is 73.7 Å². The van der Waals surface area contributed by atoms with E-state index in [2.05, 4.69) is 15.6 Å². The van der Waals surface area contributed by atoms with E-state index in [1.807, 2.05) is 54.6 Å². The van der Waals surface area contributed by atoms with Crippen LogP contribution in [-0.2, 0) is 35.8 Å². The van der Waals surface area contributed by atoms with E-state index in [0.717, 1.165) is 22.3 Å². The largest absolute Gasteiger partial charge is 0.488 e. The fourth-order valence-corrected chi connectivity index (χ4v) is 6.64. The van der Waals surface area contributed by atoms with Gasteiger partial charge >= 0.3 is 5.97 Å². The molecule has 0 radical (unpaired) electrons. The van der Waals surface area contributed by atoms with Crippen LogP contribution in [0.5, 0.6) is 11.5 Å². The molecule has 1 unspecified atom stereocenters. The molecule has 1 fully saturated rings. The van der Waals surface area contributed by atoms with E-state index in [-0.39, 0.29) is 43.5 Å². The molecule has 54 heavy (non-hydrogen) atoms. The number of rotatable bonds is 15. The van der Waals surface area contributed by atoms with Gasteiger partial charge in [0.15, 0.2) is 5.60 Å². The maximum atomic E-state index is 12.9. The summed E-state index contributed by atoms with van der Waals surface area (Å²) in [7, 11) is 0. The quantitative estimate of drug-likeness (QED) is 0.0951. The van der Waals surface area contributed by atoms with Gasteiger partial charge in [-0.1, -0.05) is 71.7 Å². The van der Waals surface area contributed by atoms with Crippen molar-refractivity contribution in [3.05, 3.63) is 105 Å². The van der Waals surface area contributed by atoms with Crippen molar-refractivity contribution in [2.75, 3.05) is 19.7 Å². The molecule has 1 aromatic heterocycles. The van der Waals surface area contributed by atoms with Crippen molar-refractivity contribution < 1.29 is 39.0 Å². The number of carboxylic acids is 1. The number of benzene rings is 4. The van der Waals surface area contributed by atoms with Crippen molar-refractivity contribution in [3.63, 3.8) is 0 Å². The van der Waals surface area contributed by atoms with E-state index >= 15 is 0 Å². The van der Waals surface area contributed by atoms with Crippen molar-refractivity contribution in [2.45, 2.75) is 57.1 Å². The summed E-state index contributed by atoms with van der Waals surface area (Å²) in [6, 6.07) is 22.8. The first-order valence-electron chi connectivity index (χ1n) is 17.2. The lowest BCUT2D eigenvalue weighted by Crippen LogP contribution is -2.46. The van der Waals surface area contributed by atoms with Crippen LogP contribution in [0.4, 0.5) is 0 Å². The number of nitrogens with zero attached hydrogens (tertiary/aromatic N) is 4. The Labute approximate surface area is 320 Å². The Morgan fingerprint density at radius 1 is 0.944 bits per heavy atom. The van der Waals surface area contributed by atoms with Gasteiger partial charge in [-0.15, -0.1) is 0 Å². The van der Waals surface area contributed by atoms with Crippen molar-refractivity contribution in [2.24, 2.45) is 0 Å². The van der Waals surface area contributed by atoms with Crippen molar-refractivity contribution in [1.82, 2.24) is 20.5 Å². The molecule has 2 heterocycles. The Bertz CT molecular complexity index is 2180. The van der Waals surface area contributed by atoms with Gasteiger partial charge in [0.1, 0.15) is 41.8 Å². The number of amides is 1. The van der Waals surface area contributed by atoms with Gasteiger partial charge in [-0.3, -0.25) is 14.9 Å². The summed E-state index contributed by atoms with van der Waals surface area (Å²) < 4.78 is 17.1. The molecule has 1 atom stereocenters. The van der Waals surface area contributed by atoms with E-state index in [1.54, 1.807) is 29.2 Å². The van der Waals surface area contributed by atoms with Crippen LogP contribution < -0.4 is 14.8 Å². The maximum Gasteiger partial charge on any atom is 0.323 e. The number of hydrogen-bond donors (Lipinski definition) is 4. The molecule has 0 spiro atoms. The van der Waals surface area contributed by atoms with Crippen LogP contribution in [0.25, 0.3) is 22.2 Å². The highest BCUT2D eigenvalue weighted by Gasteiger charge is 2.33. The first-order valence-corrected chi connectivity index (χ1v) is 18.0. The molecule has 4 aromatic carbocycles. The summed E-state index contributed by atoms with van der Waals surface area (Å²) in [4.78, 5) is 26.1. The number of piperidine rings is 1. The number of halogens is 2. The number of aliphatic hydroxyl groups is 2. The predicted octanol–water partition coefficient (Wildman–Crippen LogP) is 5.70. The zero-order valence-corrected chi connectivity index (χ0v) is 30.5. The highest BCUT2D eigenvalue weighted by atomic mass is 35.5.